The zero-order chi connectivity index (χ0) is 15.2. The number of thiocarbonyl (C=S) groups is 1. The monoisotopic (exact) mass is 322 g/mol. The number of hydrogen-bond acceptors (Lipinski definition) is 6. The Morgan fingerprint density at radius 1 is 1.38 bits per heavy atom. The van der Waals surface area contributed by atoms with Crippen LogP contribution < -0.4 is 15.8 Å². The first-order valence-corrected chi connectivity index (χ1v) is 7.46. The molecule has 2 aromatic rings. The minimum absolute atomic E-state index is 0.104. The van der Waals surface area contributed by atoms with Crippen molar-refractivity contribution >= 4 is 39.6 Å². The van der Waals surface area contributed by atoms with Gasteiger partial charge in [-0.15, -0.1) is 10.2 Å². The van der Waals surface area contributed by atoms with Crippen LogP contribution in [0.5, 0.6) is 5.75 Å². The molecule has 0 aliphatic carbocycles. The second-order valence-corrected chi connectivity index (χ2v) is 5.58. The first-order chi connectivity index (χ1) is 10.1. The van der Waals surface area contributed by atoms with Gasteiger partial charge in [-0.3, -0.25) is 10.1 Å². The number of nitrogens with two attached hydrogens (primary N) is 1. The number of anilines is 1. The van der Waals surface area contributed by atoms with Crippen molar-refractivity contribution in [2.45, 2.75) is 13.3 Å². The van der Waals surface area contributed by atoms with Gasteiger partial charge in [0.25, 0.3) is 5.91 Å². The summed E-state index contributed by atoms with van der Waals surface area (Å²) >= 11 is 6.21. The Labute approximate surface area is 131 Å². The molecule has 21 heavy (non-hydrogen) atoms. The summed E-state index contributed by atoms with van der Waals surface area (Å²) in [5, 5.41) is 11.8. The van der Waals surface area contributed by atoms with Crippen LogP contribution in [-0.2, 0) is 11.2 Å². The normalized spacial score (nSPS) is 10.1. The lowest BCUT2D eigenvalue weighted by atomic mass is 10.2. The van der Waals surface area contributed by atoms with Gasteiger partial charge in [0.1, 0.15) is 15.7 Å². The first-order valence-electron chi connectivity index (χ1n) is 6.23. The highest BCUT2D eigenvalue weighted by molar-refractivity contribution is 7.80. The van der Waals surface area contributed by atoms with Crippen LogP contribution in [0.3, 0.4) is 0 Å². The highest BCUT2D eigenvalue weighted by atomic mass is 32.1. The van der Waals surface area contributed by atoms with E-state index < -0.39 is 0 Å². The Morgan fingerprint density at radius 3 is 2.67 bits per heavy atom. The third-order valence-corrected chi connectivity index (χ3v) is 3.74. The summed E-state index contributed by atoms with van der Waals surface area (Å²) in [4.78, 5) is 12.0. The van der Waals surface area contributed by atoms with Crippen molar-refractivity contribution in [3.05, 3.63) is 34.8 Å². The van der Waals surface area contributed by atoms with Gasteiger partial charge in [-0.1, -0.05) is 30.5 Å². The molecule has 8 heteroatoms. The first kappa shape index (κ1) is 15.3. The topological polar surface area (TPSA) is 90.1 Å². The molecule has 0 saturated carbocycles. The van der Waals surface area contributed by atoms with Crippen LogP contribution in [0.1, 0.15) is 17.5 Å². The van der Waals surface area contributed by atoms with Crippen molar-refractivity contribution in [3.63, 3.8) is 0 Å². The molecule has 1 aromatic heterocycles. The molecule has 6 nitrogen and oxygen atoms in total. The van der Waals surface area contributed by atoms with E-state index in [-0.39, 0.29) is 12.5 Å². The molecule has 3 N–H and O–H groups in total. The van der Waals surface area contributed by atoms with E-state index in [4.69, 9.17) is 22.7 Å². The molecule has 110 valence electrons. The van der Waals surface area contributed by atoms with Crippen molar-refractivity contribution in [2.24, 2.45) is 5.73 Å². The summed E-state index contributed by atoms with van der Waals surface area (Å²) in [5.41, 5.74) is 6.25. The van der Waals surface area contributed by atoms with Crippen LogP contribution in [-0.4, -0.2) is 27.7 Å². The summed E-state index contributed by atoms with van der Waals surface area (Å²) in [6.45, 7) is 1.87. The van der Waals surface area contributed by atoms with Gasteiger partial charge in [-0.25, -0.2) is 0 Å². The van der Waals surface area contributed by atoms with E-state index in [1.54, 1.807) is 24.3 Å². The smallest absolute Gasteiger partial charge is 0.264 e. The van der Waals surface area contributed by atoms with Crippen molar-refractivity contribution in [1.82, 2.24) is 10.2 Å². The van der Waals surface area contributed by atoms with Gasteiger partial charge in [0.2, 0.25) is 5.13 Å². The lowest BCUT2D eigenvalue weighted by Gasteiger charge is -2.06. The second kappa shape index (κ2) is 7.09. The third kappa shape index (κ3) is 4.47. The fraction of sp³-hybridized carbons (Fsp3) is 0.231. The summed E-state index contributed by atoms with van der Waals surface area (Å²) < 4.78 is 5.37. The molecule has 0 aliphatic rings. The molecule has 0 radical (unpaired) electrons. The molecule has 0 aliphatic heterocycles. The minimum atomic E-state index is -0.285. The summed E-state index contributed by atoms with van der Waals surface area (Å²) in [6.07, 6.45) is 0.791. The number of aryl methyl sites for hydroxylation is 1. The summed E-state index contributed by atoms with van der Waals surface area (Å²) in [6, 6.07) is 6.91. The predicted octanol–water partition coefficient (Wildman–Crippen LogP) is 1.75. The highest BCUT2D eigenvalue weighted by Crippen LogP contribution is 2.16. The van der Waals surface area contributed by atoms with Crippen molar-refractivity contribution in [3.8, 4) is 5.75 Å². The SMILES string of the molecule is CCc1nnc(NC(=O)COc2ccc(C(N)=S)cc2)s1. The number of rotatable bonds is 6. The van der Waals surface area contributed by atoms with Crippen LogP contribution in [0, 0.1) is 0 Å². The highest BCUT2D eigenvalue weighted by Gasteiger charge is 2.08. The average Bonchev–Trinajstić information content (AvgIpc) is 2.93. The Bertz CT molecular complexity index is 640. The van der Waals surface area contributed by atoms with E-state index in [2.05, 4.69) is 15.5 Å². The van der Waals surface area contributed by atoms with E-state index in [0.29, 0.717) is 15.9 Å². The molecule has 1 aromatic carbocycles. The largest absolute Gasteiger partial charge is 0.484 e. The maximum atomic E-state index is 11.7. The Balaban J connectivity index is 1.84. The van der Waals surface area contributed by atoms with Gasteiger partial charge in [0, 0.05) is 5.56 Å². The Hall–Kier alpha value is -2.06. The molecule has 1 amide bonds. The van der Waals surface area contributed by atoms with E-state index >= 15 is 0 Å². The lowest BCUT2D eigenvalue weighted by Crippen LogP contribution is -2.20. The van der Waals surface area contributed by atoms with Crippen molar-refractivity contribution in [1.29, 1.82) is 0 Å². The van der Waals surface area contributed by atoms with E-state index in [9.17, 15) is 4.79 Å². The van der Waals surface area contributed by atoms with Crippen LogP contribution in [0.15, 0.2) is 24.3 Å². The fourth-order valence-corrected chi connectivity index (χ4v) is 2.30. The van der Waals surface area contributed by atoms with Gasteiger partial charge in [-0.05, 0) is 30.7 Å². The van der Waals surface area contributed by atoms with Crippen LogP contribution in [0.2, 0.25) is 0 Å². The third-order valence-electron chi connectivity index (χ3n) is 2.52. The number of aromatic nitrogens is 2. The maximum Gasteiger partial charge on any atom is 0.264 e. The molecule has 2 rings (SSSR count). The van der Waals surface area contributed by atoms with Crippen molar-refractivity contribution < 1.29 is 9.53 Å². The number of ether oxygens (including phenoxy) is 1. The van der Waals surface area contributed by atoms with E-state index in [1.165, 1.54) is 11.3 Å². The number of carbonyl (C=O) groups excluding carboxylic acids is 1. The van der Waals surface area contributed by atoms with E-state index in [0.717, 1.165) is 17.0 Å². The molecule has 0 unspecified atom stereocenters. The molecule has 0 atom stereocenters. The molecule has 0 bridgehead atoms. The Morgan fingerprint density at radius 2 is 2.10 bits per heavy atom. The van der Waals surface area contributed by atoms with Gasteiger partial charge < -0.3 is 10.5 Å². The number of benzene rings is 1. The van der Waals surface area contributed by atoms with Gasteiger partial charge in [0.05, 0.1) is 0 Å². The van der Waals surface area contributed by atoms with Gasteiger partial charge >= 0.3 is 0 Å². The molecule has 0 spiro atoms. The lowest BCUT2D eigenvalue weighted by molar-refractivity contribution is -0.118. The molecule has 0 fully saturated rings. The molecule has 1 heterocycles. The predicted molar refractivity (Wildman–Crippen MR) is 85.7 cm³/mol. The van der Waals surface area contributed by atoms with E-state index in [1.807, 2.05) is 6.92 Å². The zero-order valence-corrected chi connectivity index (χ0v) is 13.0. The fourth-order valence-electron chi connectivity index (χ4n) is 1.47. The quantitative estimate of drug-likeness (QED) is 0.788. The summed E-state index contributed by atoms with van der Waals surface area (Å²) in [5.74, 6) is 0.281. The molecule has 0 saturated heterocycles. The van der Waals surface area contributed by atoms with Crippen LogP contribution in [0.25, 0.3) is 0 Å². The summed E-state index contributed by atoms with van der Waals surface area (Å²) in [7, 11) is 0. The average molecular weight is 322 g/mol. The second-order valence-electron chi connectivity index (χ2n) is 4.08. The van der Waals surface area contributed by atoms with Crippen LogP contribution >= 0.6 is 23.6 Å². The van der Waals surface area contributed by atoms with Gasteiger partial charge in [0.15, 0.2) is 6.61 Å². The number of nitrogens with zero attached hydrogens (tertiary/aromatic N) is 2. The minimum Gasteiger partial charge on any atom is -0.484 e. The number of nitrogens with one attached hydrogen (secondary N) is 1. The Kier molecular flexibility index (Phi) is 5.18. The molecular weight excluding hydrogens is 308 g/mol. The van der Waals surface area contributed by atoms with Crippen molar-refractivity contribution in [2.75, 3.05) is 11.9 Å². The maximum absolute atomic E-state index is 11.7. The zero-order valence-electron chi connectivity index (χ0n) is 11.3. The number of hydrogen-bond donors (Lipinski definition) is 2. The standard InChI is InChI=1S/C13H14N4O2S2/c1-2-11-16-17-13(21-11)15-10(18)7-19-9-5-3-8(4-6-9)12(14)20/h3-6H,2,7H2,1H3,(H2,14,20)(H,15,17,18). The van der Waals surface area contributed by atoms with Gasteiger partial charge in [-0.2, -0.15) is 0 Å². The number of amides is 1. The number of carbonyl (C=O) groups is 1. The molecular formula is C13H14N4O2S2. The van der Waals surface area contributed by atoms with Crippen LogP contribution in [0.4, 0.5) is 5.13 Å².